The fourth-order valence-electron chi connectivity index (χ4n) is 2.64. The molecule has 1 aromatic heterocycles. The van der Waals surface area contributed by atoms with Crippen molar-refractivity contribution in [1.82, 2.24) is 15.2 Å². The zero-order valence-corrected chi connectivity index (χ0v) is 15.6. The molecule has 1 fully saturated rings. The molecule has 0 spiro atoms. The van der Waals surface area contributed by atoms with Crippen LogP contribution < -0.4 is 5.32 Å². The van der Waals surface area contributed by atoms with Crippen LogP contribution in [0.25, 0.3) is 0 Å². The van der Waals surface area contributed by atoms with Gasteiger partial charge in [-0.25, -0.2) is 18.2 Å². The molecule has 2 heterocycles. The van der Waals surface area contributed by atoms with Crippen LogP contribution in [0.15, 0.2) is 0 Å². The second kappa shape index (κ2) is 7.61. The normalized spacial score (nSPS) is 17.9. The van der Waals surface area contributed by atoms with E-state index in [1.807, 2.05) is 6.92 Å². The van der Waals surface area contributed by atoms with Crippen LogP contribution >= 0.6 is 11.3 Å². The maximum absolute atomic E-state index is 12.1. The number of sulfone groups is 1. The third-order valence-electron chi connectivity index (χ3n) is 4.31. The highest BCUT2D eigenvalue weighted by atomic mass is 32.2. The molecule has 1 aromatic rings. The minimum atomic E-state index is -2.89. The van der Waals surface area contributed by atoms with Crippen molar-refractivity contribution in [2.24, 2.45) is 0 Å². The molecule has 0 aliphatic carbocycles. The monoisotopic (exact) mass is 359 g/mol. The van der Waals surface area contributed by atoms with Crippen molar-refractivity contribution in [2.45, 2.75) is 45.6 Å². The average Bonchev–Trinajstić information content (AvgIpc) is 2.81. The van der Waals surface area contributed by atoms with E-state index < -0.39 is 9.84 Å². The first-order chi connectivity index (χ1) is 10.8. The molecule has 8 heteroatoms. The maximum Gasteiger partial charge on any atom is 0.317 e. The van der Waals surface area contributed by atoms with Gasteiger partial charge in [-0.05, 0) is 33.1 Å². The first kappa shape index (κ1) is 18.2. The lowest BCUT2D eigenvalue weighted by atomic mass is 10.1. The number of aromatic nitrogens is 1. The van der Waals surface area contributed by atoms with Crippen LogP contribution in [0.1, 0.15) is 34.8 Å². The smallest absolute Gasteiger partial charge is 0.317 e. The highest BCUT2D eigenvalue weighted by Gasteiger charge is 2.28. The molecule has 1 aliphatic heterocycles. The number of hydrogen-bond acceptors (Lipinski definition) is 5. The summed E-state index contributed by atoms with van der Waals surface area (Å²) in [6.07, 6.45) is 2.78. The third kappa shape index (κ3) is 5.17. The molecule has 1 aliphatic rings. The first-order valence-electron chi connectivity index (χ1n) is 7.92. The number of carbonyl (C=O) groups is 1. The zero-order chi connectivity index (χ0) is 17.0. The second-order valence-electron chi connectivity index (χ2n) is 6.08. The number of aryl methyl sites for hydroxylation is 3. The van der Waals surface area contributed by atoms with Gasteiger partial charge in [0.2, 0.25) is 0 Å². The lowest BCUT2D eigenvalue weighted by Gasteiger charge is -2.31. The number of rotatable bonds is 5. The van der Waals surface area contributed by atoms with Gasteiger partial charge >= 0.3 is 6.03 Å². The van der Waals surface area contributed by atoms with Crippen molar-refractivity contribution in [1.29, 1.82) is 0 Å². The third-order valence-corrected chi connectivity index (χ3v) is 7.16. The molecule has 6 nitrogen and oxygen atoms in total. The number of carbonyl (C=O) groups excluding carboxylic acids is 1. The van der Waals surface area contributed by atoms with Crippen LogP contribution in [-0.4, -0.2) is 55.5 Å². The average molecular weight is 360 g/mol. The van der Waals surface area contributed by atoms with E-state index >= 15 is 0 Å². The van der Waals surface area contributed by atoms with Gasteiger partial charge in [0, 0.05) is 30.9 Å². The van der Waals surface area contributed by atoms with Gasteiger partial charge < -0.3 is 10.2 Å². The minimum Gasteiger partial charge on any atom is -0.338 e. The molecule has 0 bridgehead atoms. The van der Waals surface area contributed by atoms with E-state index in [0.29, 0.717) is 19.4 Å². The van der Waals surface area contributed by atoms with Crippen LogP contribution in [0.4, 0.5) is 4.79 Å². The number of urea groups is 1. The Morgan fingerprint density at radius 2 is 2.00 bits per heavy atom. The van der Waals surface area contributed by atoms with E-state index in [9.17, 15) is 13.2 Å². The fraction of sp³-hybridized carbons (Fsp3) is 0.733. The van der Waals surface area contributed by atoms with Crippen LogP contribution in [0.3, 0.4) is 0 Å². The zero-order valence-electron chi connectivity index (χ0n) is 14.0. The van der Waals surface area contributed by atoms with Gasteiger partial charge in [-0.2, -0.15) is 0 Å². The van der Waals surface area contributed by atoms with Crippen molar-refractivity contribution in [2.75, 3.05) is 25.1 Å². The maximum atomic E-state index is 12.1. The van der Waals surface area contributed by atoms with E-state index in [1.54, 1.807) is 23.3 Å². The second-order valence-corrected chi connectivity index (χ2v) is 9.67. The molecule has 0 atom stereocenters. The van der Waals surface area contributed by atoms with Gasteiger partial charge in [0.05, 0.1) is 22.2 Å². The summed E-state index contributed by atoms with van der Waals surface area (Å²) in [7, 11) is -1.15. The van der Waals surface area contributed by atoms with Gasteiger partial charge in [0.15, 0.2) is 0 Å². The minimum absolute atomic E-state index is 0.0165. The lowest BCUT2D eigenvalue weighted by Crippen LogP contribution is -2.47. The molecule has 0 unspecified atom stereocenters. The molecule has 0 aromatic carbocycles. The van der Waals surface area contributed by atoms with E-state index in [4.69, 9.17) is 0 Å². The predicted octanol–water partition coefficient (Wildman–Crippen LogP) is 1.91. The Hall–Kier alpha value is -1.15. The number of nitrogens with one attached hydrogen (secondary N) is 1. The molecule has 1 N–H and O–H groups in total. The van der Waals surface area contributed by atoms with E-state index in [0.717, 1.165) is 23.5 Å². The van der Waals surface area contributed by atoms with Crippen molar-refractivity contribution in [3.05, 3.63) is 15.6 Å². The molecule has 130 valence electrons. The molecular weight excluding hydrogens is 334 g/mol. The van der Waals surface area contributed by atoms with Crippen molar-refractivity contribution in [3.8, 4) is 0 Å². The predicted molar refractivity (Wildman–Crippen MR) is 92.7 cm³/mol. The summed E-state index contributed by atoms with van der Waals surface area (Å²) in [6.45, 7) is 4.68. The summed E-state index contributed by atoms with van der Waals surface area (Å²) in [5, 5.41) is 4.02. The van der Waals surface area contributed by atoms with Crippen LogP contribution in [0.2, 0.25) is 0 Å². The van der Waals surface area contributed by atoms with E-state index in [-0.39, 0.29) is 23.6 Å². The Morgan fingerprint density at radius 3 is 2.57 bits per heavy atom. The molecule has 2 amide bonds. The quantitative estimate of drug-likeness (QED) is 0.815. The van der Waals surface area contributed by atoms with Gasteiger partial charge in [-0.15, -0.1) is 11.3 Å². The van der Waals surface area contributed by atoms with E-state index in [2.05, 4.69) is 17.2 Å². The van der Waals surface area contributed by atoms with Crippen LogP contribution in [0, 0.1) is 13.8 Å². The Kier molecular flexibility index (Phi) is 6.02. The Morgan fingerprint density at radius 1 is 1.35 bits per heavy atom. The molecule has 0 radical (unpaired) electrons. The summed E-state index contributed by atoms with van der Waals surface area (Å²) < 4.78 is 22.9. The number of hydrogen-bond donors (Lipinski definition) is 1. The van der Waals surface area contributed by atoms with Crippen LogP contribution in [0.5, 0.6) is 0 Å². The number of thiazole rings is 1. The molecule has 0 saturated carbocycles. The summed E-state index contributed by atoms with van der Waals surface area (Å²) in [5.74, 6) is 0.357. The van der Waals surface area contributed by atoms with Gasteiger partial charge in [-0.1, -0.05) is 0 Å². The highest BCUT2D eigenvalue weighted by Crippen LogP contribution is 2.18. The number of nitrogens with zero attached hydrogens (tertiary/aromatic N) is 2. The summed E-state index contributed by atoms with van der Waals surface area (Å²) >= 11 is 1.71. The Labute approximate surface area is 142 Å². The molecule has 1 saturated heterocycles. The fourth-order valence-corrected chi connectivity index (χ4v) is 5.08. The number of amides is 2. The standard InChI is InChI=1S/C15H25N3O3S2/c1-11-12(2)22-14(17-11)5-4-8-16-15(19)18(3)13-6-9-23(20,21)10-7-13/h13H,4-10H2,1-3H3,(H,16,19). The molecular formula is C15H25N3O3S2. The van der Waals surface area contributed by atoms with Crippen molar-refractivity contribution >= 4 is 27.2 Å². The summed E-state index contributed by atoms with van der Waals surface area (Å²) in [6, 6.07) is -0.108. The van der Waals surface area contributed by atoms with Crippen LogP contribution in [-0.2, 0) is 16.3 Å². The largest absolute Gasteiger partial charge is 0.338 e. The Bertz CT molecular complexity index is 621. The highest BCUT2D eigenvalue weighted by molar-refractivity contribution is 7.91. The first-order valence-corrected chi connectivity index (χ1v) is 10.6. The summed E-state index contributed by atoms with van der Waals surface area (Å²) in [4.78, 5) is 19.5. The molecule has 2 rings (SSSR count). The molecule has 23 heavy (non-hydrogen) atoms. The van der Waals surface area contributed by atoms with E-state index in [1.165, 1.54) is 4.88 Å². The van der Waals surface area contributed by atoms with Gasteiger partial charge in [-0.3, -0.25) is 0 Å². The van der Waals surface area contributed by atoms with Gasteiger partial charge in [0.25, 0.3) is 0 Å². The lowest BCUT2D eigenvalue weighted by molar-refractivity contribution is 0.185. The van der Waals surface area contributed by atoms with Gasteiger partial charge in [0.1, 0.15) is 9.84 Å². The summed E-state index contributed by atoms with van der Waals surface area (Å²) in [5.41, 5.74) is 1.08. The van der Waals surface area contributed by atoms with Crippen molar-refractivity contribution < 1.29 is 13.2 Å². The van der Waals surface area contributed by atoms with Crippen molar-refractivity contribution in [3.63, 3.8) is 0 Å². The topological polar surface area (TPSA) is 79.4 Å². The Balaban J connectivity index is 1.70. The SMILES string of the molecule is Cc1nc(CCCNC(=O)N(C)C2CCS(=O)(=O)CC2)sc1C.